The Balaban J connectivity index is 2.73. The lowest BCUT2D eigenvalue weighted by Gasteiger charge is -2.18. The van der Waals surface area contributed by atoms with Gasteiger partial charge < -0.3 is 9.66 Å². The molecule has 0 fully saturated rings. The highest BCUT2D eigenvalue weighted by Gasteiger charge is 2.25. The average molecular weight is 170 g/mol. The third kappa shape index (κ3) is 1.10. The Hall–Kier alpha value is 0.550. The Morgan fingerprint density at radius 2 is 2.38 bits per heavy atom. The summed E-state index contributed by atoms with van der Waals surface area (Å²) in [5.41, 5.74) is 0. The summed E-state index contributed by atoms with van der Waals surface area (Å²) in [6.07, 6.45) is 1.64. The number of aliphatic hydroxyl groups is 1. The SMILES string of the molecule is CS1(O)SSC=C1O. The van der Waals surface area contributed by atoms with E-state index in [-0.39, 0.29) is 5.09 Å². The minimum absolute atomic E-state index is 0.132. The molecule has 1 atom stereocenters. The molecule has 0 aromatic heterocycles. The summed E-state index contributed by atoms with van der Waals surface area (Å²) in [6, 6.07) is 0. The lowest BCUT2D eigenvalue weighted by molar-refractivity contribution is 0.446. The molecule has 0 aromatic rings. The standard InChI is InChI=1S/C3H6O2S3/c1-8(5)3(4)2-6-7-8/h2,4-5H,1H3. The van der Waals surface area contributed by atoms with Gasteiger partial charge in [0.05, 0.1) is 0 Å². The lowest BCUT2D eigenvalue weighted by Crippen LogP contribution is -1.87. The van der Waals surface area contributed by atoms with Gasteiger partial charge in [-0.15, -0.1) is 0 Å². The molecule has 0 amide bonds. The van der Waals surface area contributed by atoms with E-state index in [0.29, 0.717) is 0 Å². The first kappa shape index (κ1) is 6.67. The molecule has 1 aliphatic heterocycles. The second kappa shape index (κ2) is 2.06. The van der Waals surface area contributed by atoms with E-state index in [9.17, 15) is 4.55 Å². The molecule has 0 bridgehead atoms. The van der Waals surface area contributed by atoms with Crippen molar-refractivity contribution in [3.63, 3.8) is 0 Å². The van der Waals surface area contributed by atoms with E-state index in [1.165, 1.54) is 20.6 Å². The summed E-state index contributed by atoms with van der Waals surface area (Å²) in [6.45, 7) is 0. The maximum absolute atomic E-state index is 9.17. The van der Waals surface area contributed by atoms with Crippen molar-refractivity contribution in [3.8, 4) is 0 Å². The maximum atomic E-state index is 9.17. The van der Waals surface area contributed by atoms with Crippen LogP contribution in [0.5, 0.6) is 0 Å². The van der Waals surface area contributed by atoms with Crippen LogP contribution < -0.4 is 0 Å². The van der Waals surface area contributed by atoms with Crippen LogP contribution in [0.3, 0.4) is 0 Å². The van der Waals surface area contributed by atoms with Crippen LogP contribution in [0.1, 0.15) is 0 Å². The Morgan fingerprint density at radius 1 is 1.75 bits per heavy atom. The summed E-state index contributed by atoms with van der Waals surface area (Å²) < 4.78 is 9.17. The van der Waals surface area contributed by atoms with Gasteiger partial charge in [0.15, 0.2) is 5.09 Å². The molecule has 8 heavy (non-hydrogen) atoms. The second-order valence-corrected chi connectivity index (χ2v) is 8.17. The van der Waals surface area contributed by atoms with Crippen LogP contribution >= 0.6 is 30.0 Å². The van der Waals surface area contributed by atoms with Crippen LogP contribution in [-0.4, -0.2) is 15.9 Å². The predicted molar refractivity (Wildman–Crippen MR) is 42.0 cm³/mol. The lowest BCUT2D eigenvalue weighted by atomic mass is 11.1. The third-order valence-electron chi connectivity index (χ3n) is 0.709. The molecule has 0 spiro atoms. The summed E-state index contributed by atoms with van der Waals surface area (Å²) in [5.74, 6) is 0. The van der Waals surface area contributed by atoms with Crippen LogP contribution in [0.25, 0.3) is 0 Å². The minimum atomic E-state index is -1.83. The summed E-state index contributed by atoms with van der Waals surface area (Å²) in [5, 5.41) is 10.6. The molecule has 2 nitrogen and oxygen atoms in total. The van der Waals surface area contributed by atoms with E-state index in [0.717, 1.165) is 0 Å². The van der Waals surface area contributed by atoms with Gasteiger partial charge in [-0.05, 0) is 30.0 Å². The van der Waals surface area contributed by atoms with Crippen molar-refractivity contribution in [2.45, 2.75) is 0 Å². The van der Waals surface area contributed by atoms with Gasteiger partial charge in [-0.25, -0.2) is 0 Å². The molecule has 5 heteroatoms. The quantitative estimate of drug-likeness (QED) is 0.548. The molecule has 1 aliphatic rings. The van der Waals surface area contributed by atoms with Crippen molar-refractivity contribution in [1.29, 1.82) is 0 Å². The van der Waals surface area contributed by atoms with Crippen molar-refractivity contribution in [2.75, 3.05) is 6.26 Å². The summed E-state index contributed by atoms with van der Waals surface area (Å²) >= 11 is 0. The van der Waals surface area contributed by atoms with Crippen LogP contribution in [0.15, 0.2) is 10.5 Å². The van der Waals surface area contributed by atoms with Crippen molar-refractivity contribution in [1.82, 2.24) is 0 Å². The van der Waals surface area contributed by atoms with Crippen molar-refractivity contribution in [3.05, 3.63) is 10.5 Å². The van der Waals surface area contributed by atoms with Crippen molar-refractivity contribution in [2.24, 2.45) is 0 Å². The van der Waals surface area contributed by atoms with Crippen LogP contribution in [0.4, 0.5) is 0 Å². The van der Waals surface area contributed by atoms with Gasteiger partial charge in [0, 0.05) is 11.7 Å². The first-order valence-corrected chi connectivity index (χ1v) is 6.60. The number of hydrogen-bond acceptors (Lipinski definition) is 4. The molecule has 1 rings (SSSR count). The zero-order valence-corrected chi connectivity index (χ0v) is 6.65. The highest BCUT2D eigenvalue weighted by Crippen LogP contribution is 2.69. The molecule has 0 radical (unpaired) electrons. The highest BCUT2D eigenvalue weighted by atomic mass is 33.5. The molecule has 1 unspecified atom stereocenters. The minimum Gasteiger partial charge on any atom is -0.501 e. The Bertz CT molecular complexity index is 130. The van der Waals surface area contributed by atoms with Crippen LogP contribution in [-0.2, 0) is 0 Å². The normalized spacial score (nSPS) is 45.5. The number of aliphatic hydroxyl groups excluding tert-OH is 1. The Labute approximate surface area is 56.7 Å². The molecule has 1 heterocycles. The first-order chi connectivity index (χ1) is 3.63. The fraction of sp³-hybridized carbons (Fsp3) is 0.333. The van der Waals surface area contributed by atoms with E-state index >= 15 is 0 Å². The fourth-order valence-corrected chi connectivity index (χ4v) is 5.42. The summed E-state index contributed by atoms with van der Waals surface area (Å²) in [4.78, 5) is 0. The number of hydrogen-bond donors (Lipinski definition) is 2. The zero-order chi connectivity index (χ0) is 6.20. The van der Waals surface area contributed by atoms with Gasteiger partial charge >= 0.3 is 0 Å². The second-order valence-electron chi connectivity index (χ2n) is 1.42. The molecule has 48 valence electrons. The third-order valence-corrected chi connectivity index (χ3v) is 7.34. The maximum Gasteiger partial charge on any atom is 0.172 e. The Kier molecular flexibility index (Phi) is 1.71. The van der Waals surface area contributed by atoms with E-state index in [2.05, 4.69) is 0 Å². The Morgan fingerprint density at radius 3 is 2.50 bits per heavy atom. The molecular formula is C3H6O2S3. The van der Waals surface area contributed by atoms with E-state index in [4.69, 9.17) is 5.11 Å². The molecule has 0 aliphatic carbocycles. The number of rotatable bonds is 0. The molecule has 0 saturated carbocycles. The first-order valence-electron chi connectivity index (χ1n) is 1.88. The van der Waals surface area contributed by atoms with Crippen LogP contribution in [0, 0.1) is 0 Å². The zero-order valence-electron chi connectivity index (χ0n) is 4.20. The van der Waals surface area contributed by atoms with Gasteiger partial charge in [-0.3, -0.25) is 0 Å². The monoisotopic (exact) mass is 170 g/mol. The molecular weight excluding hydrogens is 164 g/mol. The smallest absolute Gasteiger partial charge is 0.172 e. The molecule has 0 saturated heterocycles. The highest BCUT2D eigenvalue weighted by molar-refractivity contribution is 9.20. The fourth-order valence-electron chi connectivity index (χ4n) is 0.261. The van der Waals surface area contributed by atoms with Crippen molar-refractivity contribution < 1.29 is 9.66 Å². The van der Waals surface area contributed by atoms with Gasteiger partial charge in [0.25, 0.3) is 0 Å². The van der Waals surface area contributed by atoms with E-state index in [1.54, 1.807) is 11.7 Å². The van der Waals surface area contributed by atoms with Gasteiger partial charge in [0.2, 0.25) is 0 Å². The predicted octanol–water partition coefficient (Wildman–Crippen LogP) is 2.56. The van der Waals surface area contributed by atoms with Crippen molar-refractivity contribution >= 4 is 30.0 Å². The largest absolute Gasteiger partial charge is 0.501 e. The van der Waals surface area contributed by atoms with Crippen LogP contribution in [0.2, 0.25) is 0 Å². The van der Waals surface area contributed by atoms with Gasteiger partial charge in [0.1, 0.15) is 0 Å². The summed E-state index contributed by atoms with van der Waals surface area (Å²) in [7, 11) is 0.873. The molecule has 2 N–H and O–H groups in total. The molecule has 0 aromatic carbocycles. The van der Waals surface area contributed by atoms with E-state index < -0.39 is 9.34 Å². The topological polar surface area (TPSA) is 40.5 Å². The van der Waals surface area contributed by atoms with Gasteiger partial charge in [-0.2, -0.15) is 0 Å². The average Bonchev–Trinajstić information content (AvgIpc) is 1.86. The van der Waals surface area contributed by atoms with E-state index in [1.807, 2.05) is 0 Å². The van der Waals surface area contributed by atoms with Gasteiger partial charge in [-0.1, -0.05) is 0 Å².